The average molecular weight is 290 g/mol. The highest BCUT2D eigenvalue weighted by molar-refractivity contribution is 7.13. The molecule has 0 radical (unpaired) electrons. The van der Waals surface area contributed by atoms with Crippen LogP contribution in [-0.4, -0.2) is 38.8 Å². The van der Waals surface area contributed by atoms with Crippen LogP contribution in [0.5, 0.6) is 0 Å². The minimum Gasteiger partial charge on any atom is -0.346 e. The highest BCUT2D eigenvalue weighted by Crippen LogP contribution is 2.28. The Morgan fingerprint density at radius 1 is 1.45 bits per heavy atom. The van der Waals surface area contributed by atoms with E-state index in [-0.39, 0.29) is 5.91 Å². The molecule has 0 aromatic carbocycles. The standard InChI is InChI=1S/C14H18N4OS/c1-8-6-15-13(16-8)11-4-5-18(7-11)14(19)12-9(2)17-10(3)20-12/h6,11H,4-5,7H2,1-3H3,(H,15,16)/t11-/m0/s1. The Bertz CT molecular complexity index is 645. The lowest BCUT2D eigenvalue weighted by Gasteiger charge is -2.15. The molecule has 1 amide bonds. The number of aromatic amines is 1. The predicted octanol–water partition coefficient (Wildman–Crippen LogP) is 2.42. The van der Waals surface area contributed by atoms with Crippen LogP contribution in [0.25, 0.3) is 0 Å². The first-order chi connectivity index (χ1) is 9.54. The van der Waals surface area contributed by atoms with Crippen LogP contribution in [0.4, 0.5) is 0 Å². The SMILES string of the molecule is Cc1cnc([C@H]2CCN(C(=O)c3sc(C)nc3C)C2)[nH]1. The molecular formula is C14H18N4OS. The maximum atomic E-state index is 12.5. The molecule has 1 saturated heterocycles. The maximum absolute atomic E-state index is 12.5. The zero-order valence-electron chi connectivity index (χ0n) is 11.9. The van der Waals surface area contributed by atoms with E-state index in [0.29, 0.717) is 5.92 Å². The van der Waals surface area contributed by atoms with E-state index in [4.69, 9.17) is 0 Å². The van der Waals surface area contributed by atoms with E-state index in [2.05, 4.69) is 15.0 Å². The molecule has 0 aliphatic carbocycles. The Labute approximate surface area is 122 Å². The molecule has 20 heavy (non-hydrogen) atoms. The summed E-state index contributed by atoms with van der Waals surface area (Å²) < 4.78 is 0. The van der Waals surface area contributed by atoms with Gasteiger partial charge in [0.25, 0.3) is 5.91 Å². The number of amides is 1. The molecule has 1 aliphatic heterocycles. The van der Waals surface area contributed by atoms with Gasteiger partial charge in [-0.15, -0.1) is 11.3 Å². The fraction of sp³-hybridized carbons (Fsp3) is 0.500. The van der Waals surface area contributed by atoms with Crippen LogP contribution in [-0.2, 0) is 0 Å². The van der Waals surface area contributed by atoms with Crippen LogP contribution < -0.4 is 0 Å². The number of likely N-dealkylation sites (tertiary alicyclic amines) is 1. The van der Waals surface area contributed by atoms with E-state index in [0.717, 1.165) is 46.6 Å². The molecule has 0 spiro atoms. The summed E-state index contributed by atoms with van der Waals surface area (Å²) in [5, 5.41) is 0.947. The van der Waals surface area contributed by atoms with Gasteiger partial charge in [0.05, 0.1) is 10.7 Å². The number of hydrogen-bond acceptors (Lipinski definition) is 4. The third kappa shape index (κ3) is 2.35. The summed E-state index contributed by atoms with van der Waals surface area (Å²) in [7, 11) is 0. The average Bonchev–Trinajstić information content (AvgIpc) is 3.08. The van der Waals surface area contributed by atoms with Crippen molar-refractivity contribution in [2.24, 2.45) is 0 Å². The molecule has 106 valence electrons. The molecule has 1 N–H and O–H groups in total. The van der Waals surface area contributed by atoms with Gasteiger partial charge in [-0.05, 0) is 27.2 Å². The molecule has 1 aliphatic rings. The molecule has 3 heterocycles. The number of nitrogens with one attached hydrogen (secondary N) is 1. The van der Waals surface area contributed by atoms with Crippen molar-refractivity contribution in [2.45, 2.75) is 33.1 Å². The number of carbonyl (C=O) groups excluding carboxylic acids is 1. The van der Waals surface area contributed by atoms with Crippen LogP contribution in [0.3, 0.4) is 0 Å². The van der Waals surface area contributed by atoms with Gasteiger partial charge in [-0.25, -0.2) is 9.97 Å². The Kier molecular flexibility index (Phi) is 3.33. The third-order valence-electron chi connectivity index (χ3n) is 3.68. The Balaban J connectivity index is 1.74. The molecular weight excluding hydrogens is 272 g/mol. The predicted molar refractivity (Wildman–Crippen MR) is 78.2 cm³/mol. The normalized spacial score (nSPS) is 18.8. The highest BCUT2D eigenvalue weighted by atomic mass is 32.1. The van der Waals surface area contributed by atoms with Crippen molar-refractivity contribution in [1.82, 2.24) is 19.9 Å². The molecule has 6 heteroatoms. The van der Waals surface area contributed by atoms with Gasteiger partial charge >= 0.3 is 0 Å². The fourth-order valence-electron chi connectivity index (χ4n) is 2.68. The summed E-state index contributed by atoms with van der Waals surface area (Å²) in [4.78, 5) is 27.2. The summed E-state index contributed by atoms with van der Waals surface area (Å²) in [5.41, 5.74) is 1.91. The minimum absolute atomic E-state index is 0.110. The number of rotatable bonds is 2. The van der Waals surface area contributed by atoms with Gasteiger partial charge in [0.1, 0.15) is 10.7 Å². The van der Waals surface area contributed by atoms with Crippen LogP contribution in [0, 0.1) is 20.8 Å². The van der Waals surface area contributed by atoms with E-state index in [1.807, 2.05) is 31.9 Å². The first kappa shape index (κ1) is 13.3. The molecule has 3 rings (SSSR count). The first-order valence-corrected chi connectivity index (χ1v) is 7.61. The zero-order chi connectivity index (χ0) is 14.3. The summed E-state index contributed by atoms with van der Waals surface area (Å²) in [6.45, 7) is 7.37. The van der Waals surface area contributed by atoms with E-state index in [1.54, 1.807) is 0 Å². The number of carbonyl (C=O) groups is 1. The Morgan fingerprint density at radius 2 is 2.25 bits per heavy atom. The molecule has 0 saturated carbocycles. The number of imidazole rings is 1. The number of aryl methyl sites for hydroxylation is 3. The lowest BCUT2D eigenvalue weighted by molar-refractivity contribution is 0.0794. The second-order valence-electron chi connectivity index (χ2n) is 5.34. The molecule has 0 bridgehead atoms. The van der Waals surface area contributed by atoms with E-state index >= 15 is 0 Å². The molecule has 5 nitrogen and oxygen atoms in total. The number of aromatic nitrogens is 3. The number of hydrogen-bond donors (Lipinski definition) is 1. The van der Waals surface area contributed by atoms with Crippen molar-refractivity contribution in [2.75, 3.05) is 13.1 Å². The smallest absolute Gasteiger partial charge is 0.265 e. The van der Waals surface area contributed by atoms with E-state index in [9.17, 15) is 4.79 Å². The van der Waals surface area contributed by atoms with Crippen molar-refractivity contribution >= 4 is 17.2 Å². The second-order valence-corrected chi connectivity index (χ2v) is 6.54. The van der Waals surface area contributed by atoms with Gasteiger partial charge in [0.2, 0.25) is 0 Å². The number of nitrogens with zero attached hydrogens (tertiary/aromatic N) is 3. The van der Waals surface area contributed by atoms with Crippen LogP contribution in [0.1, 0.15) is 44.2 Å². The van der Waals surface area contributed by atoms with Crippen molar-refractivity contribution in [3.05, 3.63) is 33.3 Å². The van der Waals surface area contributed by atoms with Gasteiger partial charge < -0.3 is 9.88 Å². The Hall–Kier alpha value is -1.69. The quantitative estimate of drug-likeness (QED) is 0.924. The minimum atomic E-state index is 0.110. The van der Waals surface area contributed by atoms with Crippen LogP contribution in [0.15, 0.2) is 6.20 Å². The first-order valence-electron chi connectivity index (χ1n) is 6.79. The van der Waals surface area contributed by atoms with Crippen LogP contribution in [0.2, 0.25) is 0 Å². The third-order valence-corrected chi connectivity index (χ3v) is 4.74. The second kappa shape index (κ2) is 5.01. The van der Waals surface area contributed by atoms with Crippen molar-refractivity contribution < 1.29 is 4.79 Å². The van der Waals surface area contributed by atoms with Gasteiger partial charge in [-0.2, -0.15) is 0 Å². The largest absolute Gasteiger partial charge is 0.346 e. The van der Waals surface area contributed by atoms with E-state index < -0.39 is 0 Å². The maximum Gasteiger partial charge on any atom is 0.265 e. The van der Waals surface area contributed by atoms with Crippen LogP contribution >= 0.6 is 11.3 Å². The molecule has 0 unspecified atom stereocenters. The topological polar surface area (TPSA) is 61.9 Å². The highest BCUT2D eigenvalue weighted by Gasteiger charge is 2.31. The molecule has 2 aromatic rings. The Morgan fingerprint density at radius 3 is 2.85 bits per heavy atom. The number of thiazole rings is 1. The summed E-state index contributed by atoms with van der Waals surface area (Å²) in [6, 6.07) is 0. The summed E-state index contributed by atoms with van der Waals surface area (Å²) in [6.07, 6.45) is 2.81. The monoisotopic (exact) mass is 290 g/mol. The van der Waals surface area contributed by atoms with Crippen molar-refractivity contribution in [3.63, 3.8) is 0 Å². The molecule has 2 aromatic heterocycles. The van der Waals surface area contributed by atoms with Crippen molar-refractivity contribution in [3.8, 4) is 0 Å². The fourth-order valence-corrected chi connectivity index (χ4v) is 3.57. The van der Waals surface area contributed by atoms with Gasteiger partial charge in [-0.3, -0.25) is 4.79 Å². The molecule has 1 fully saturated rings. The summed E-state index contributed by atoms with van der Waals surface area (Å²) in [5.74, 6) is 1.43. The van der Waals surface area contributed by atoms with Gasteiger partial charge in [-0.1, -0.05) is 0 Å². The lowest BCUT2D eigenvalue weighted by atomic mass is 10.1. The number of H-pyrrole nitrogens is 1. The molecule has 1 atom stereocenters. The summed E-state index contributed by atoms with van der Waals surface area (Å²) >= 11 is 1.48. The van der Waals surface area contributed by atoms with Crippen molar-refractivity contribution in [1.29, 1.82) is 0 Å². The zero-order valence-corrected chi connectivity index (χ0v) is 12.8. The lowest BCUT2D eigenvalue weighted by Crippen LogP contribution is -2.28. The van der Waals surface area contributed by atoms with Gasteiger partial charge in [0.15, 0.2) is 0 Å². The van der Waals surface area contributed by atoms with Gasteiger partial charge in [0, 0.05) is 30.9 Å². The van der Waals surface area contributed by atoms with E-state index in [1.165, 1.54) is 11.3 Å².